The highest BCUT2D eigenvalue weighted by molar-refractivity contribution is 9.10. The minimum atomic E-state index is -0.469. The lowest BCUT2D eigenvalue weighted by molar-refractivity contribution is 0.100. The van der Waals surface area contributed by atoms with Crippen molar-refractivity contribution in [3.63, 3.8) is 0 Å². The average molecular weight is 473 g/mol. The Labute approximate surface area is 187 Å². The lowest BCUT2D eigenvalue weighted by Crippen LogP contribution is -2.11. The molecule has 31 heavy (non-hydrogen) atoms. The van der Waals surface area contributed by atoms with E-state index in [-0.39, 0.29) is 5.82 Å². The van der Waals surface area contributed by atoms with Gasteiger partial charge in [0.05, 0.1) is 11.0 Å². The van der Waals surface area contributed by atoms with Crippen LogP contribution in [0.15, 0.2) is 89.4 Å². The Kier molecular flexibility index (Phi) is 4.83. The van der Waals surface area contributed by atoms with E-state index in [1.165, 1.54) is 12.1 Å². The molecule has 5 aromatic rings. The number of fused-ring (bicyclic) bond motifs is 3. The molecule has 3 nitrogen and oxygen atoms in total. The average Bonchev–Trinajstić information content (AvgIpc) is 3.10. The molecule has 0 unspecified atom stereocenters. The van der Waals surface area contributed by atoms with Gasteiger partial charge in [0.15, 0.2) is 0 Å². The van der Waals surface area contributed by atoms with Gasteiger partial charge in [-0.25, -0.2) is 4.39 Å². The van der Waals surface area contributed by atoms with Crippen LogP contribution in [0.1, 0.15) is 15.9 Å². The Balaban J connectivity index is 1.82. The number of aromatic nitrogens is 1. The smallest absolute Gasteiger partial charge is 0.249 e. The number of amides is 1. The number of hydrogen-bond donors (Lipinski definition) is 1. The summed E-state index contributed by atoms with van der Waals surface area (Å²) in [4.78, 5) is 12.2. The van der Waals surface area contributed by atoms with Crippen LogP contribution in [0.4, 0.5) is 4.39 Å². The highest BCUT2D eigenvalue weighted by Gasteiger charge is 2.18. The number of nitrogens with zero attached hydrogens (tertiary/aromatic N) is 1. The summed E-state index contributed by atoms with van der Waals surface area (Å²) in [5.74, 6) is -0.759. The minimum absolute atomic E-state index is 0.290. The molecule has 4 aromatic carbocycles. The number of halogens is 2. The Hall–Kier alpha value is -3.44. The SMILES string of the molecule is NC(=O)c1cccc2c1c1ccc(-c3ccccc3)cc1n2Cc1cc(F)ccc1Br. The summed E-state index contributed by atoms with van der Waals surface area (Å²) in [6.45, 7) is 0.443. The molecule has 1 heterocycles. The predicted molar refractivity (Wildman–Crippen MR) is 127 cm³/mol. The maximum Gasteiger partial charge on any atom is 0.249 e. The third kappa shape index (κ3) is 3.41. The maximum absolute atomic E-state index is 14.0. The molecule has 0 aliphatic heterocycles. The molecule has 2 N–H and O–H groups in total. The van der Waals surface area contributed by atoms with Crippen molar-refractivity contribution in [2.75, 3.05) is 0 Å². The third-order valence-corrected chi connectivity index (χ3v) is 6.37. The van der Waals surface area contributed by atoms with Gasteiger partial charge in [0.2, 0.25) is 5.91 Å². The Morgan fingerprint density at radius 2 is 1.68 bits per heavy atom. The van der Waals surface area contributed by atoms with Gasteiger partial charge in [-0.15, -0.1) is 0 Å². The van der Waals surface area contributed by atoms with Crippen molar-refractivity contribution in [3.05, 3.63) is 106 Å². The molecule has 1 amide bonds. The molecule has 1 aromatic heterocycles. The Morgan fingerprint density at radius 3 is 2.45 bits per heavy atom. The van der Waals surface area contributed by atoms with E-state index in [1.54, 1.807) is 12.1 Å². The van der Waals surface area contributed by atoms with E-state index < -0.39 is 5.91 Å². The summed E-state index contributed by atoms with van der Waals surface area (Å²) in [5, 5.41) is 1.76. The molecule has 0 saturated heterocycles. The van der Waals surface area contributed by atoms with Crippen LogP contribution in [0.25, 0.3) is 32.9 Å². The first-order chi connectivity index (χ1) is 15.0. The van der Waals surface area contributed by atoms with E-state index >= 15 is 0 Å². The quantitative estimate of drug-likeness (QED) is 0.318. The molecular formula is C26H18BrFN2O. The topological polar surface area (TPSA) is 48.0 Å². The highest BCUT2D eigenvalue weighted by atomic mass is 79.9. The Bertz CT molecular complexity index is 1460. The second-order valence-electron chi connectivity index (χ2n) is 7.48. The van der Waals surface area contributed by atoms with E-state index in [4.69, 9.17) is 5.73 Å². The molecule has 152 valence electrons. The number of benzene rings is 4. The normalized spacial score (nSPS) is 11.3. The zero-order valence-electron chi connectivity index (χ0n) is 16.5. The molecule has 0 atom stereocenters. The number of hydrogen-bond acceptors (Lipinski definition) is 1. The minimum Gasteiger partial charge on any atom is -0.366 e. The van der Waals surface area contributed by atoms with Crippen LogP contribution in [0.3, 0.4) is 0 Å². The van der Waals surface area contributed by atoms with Crippen LogP contribution in [0, 0.1) is 5.82 Å². The summed E-state index contributed by atoms with van der Waals surface area (Å²) >= 11 is 3.54. The second kappa shape index (κ2) is 7.67. The molecule has 0 fully saturated rings. The molecule has 0 aliphatic rings. The van der Waals surface area contributed by atoms with Gasteiger partial charge in [0.1, 0.15) is 5.82 Å². The summed E-state index contributed by atoms with van der Waals surface area (Å²) < 4.78 is 16.9. The van der Waals surface area contributed by atoms with Gasteiger partial charge in [0, 0.05) is 27.4 Å². The lowest BCUT2D eigenvalue weighted by Gasteiger charge is -2.11. The van der Waals surface area contributed by atoms with Gasteiger partial charge < -0.3 is 10.3 Å². The maximum atomic E-state index is 14.0. The fourth-order valence-electron chi connectivity index (χ4n) is 4.16. The predicted octanol–water partition coefficient (Wildman–Crippen LogP) is 6.51. The van der Waals surface area contributed by atoms with E-state index in [0.717, 1.165) is 43.0 Å². The van der Waals surface area contributed by atoms with Crippen molar-refractivity contribution in [2.45, 2.75) is 6.54 Å². The van der Waals surface area contributed by atoms with Crippen LogP contribution in [-0.4, -0.2) is 10.5 Å². The Morgan fingerprint density at radius 1 is 0.871 bits per heavy atom. The largest absolute Gasteiger partial charge is 0.366 e. The first-order valence-electron chi connectivity index (χ1n) is 9.87. The molecule has 0 spiro atoms. The van der Waals surface area contributed by atoms with Gasteiger partial charge >= 0.3 is 0 Å². The number of carbonyl (C=O) groups is 1. The van der Waals surface area contributed by atoms with Crippen molar-refractivity contribution in [2.24, 2.45) is 5.73 Å². The number of carbonyl (C=O) groups excluding carboxylic acids is 1. The van der Waals surface area contributed by atoms with E-state index in [1.807, 2.05) is 36.4 Å². The van der Waals surface area contributed by atoms with Gasteiger partial charge in [-0.3, -0.25) is 4.79 Å². The van der Waals surface area contributed by atoms with Gasteiger partial charge in [-0.05, 0) is 53.1 Å². The van der Waals surface area contributed by atoms with Crippen LogP contribution < -0.4 is 5.73 Å². The first-order valence-corrected chi connectivity index (χ1v) is 10.7. The van der Waals surface area contributed by atoms with Crippen LogP contribution in [0.5, 0.6) is 0 Å². The summed E-state index contributed by atoms with van der Waals surface area (Å²) in [6, 6.07) is 26.5. The van der Waals surface area contributed by atoms with Crippen molar-refractivity contribution >= 4 is 43.6 Å². The molecule has 0 saturated carbocycles. The summed E-state index contributed by atoms with van der Waals surface area (Å²) in [7, 11) is 0. The molecule has 0 bridgehead atoms. The second-order valence-corrected chi connectivity index (χ2v) is 8.34. The van der Waals surface area contributed by atoms with E-state index in [0.29, 0.717) is 12.1 Å². The molecular weight excluding hydrogens is 455 g/mol. The van der Waals surface area contributed by atoms with E-state index in [2.05, 4.69) is 44.8 Å². The molecule has 0 aliphatic carbocycles. The molecule has 5 heteroatoms. The van der Waals surface area contributed by atoms with Gasteiger partial charge in [0.25, 0.3) is 0 Å². The third-order valence-electron chi connectivity index (χ3n) is 5.60. The number of nitrogens with two attached hydrogens (primary N) is 1. The zero-order chi connectivity index (χ0) is 21.5. The van der Waals surface area contributed by atoms with Crippen LogP contribution >= 0.6 is 15.9 Å². The molecule has 5 rings (SSSR count). The van der Waals surface area contributed by atoms with Crippen molar-refractivity contribution in [1.82, 2.24) is 4.57 Å². The van der Waals surface area contributed by atoms with Gasteiger partial charge in [-0.1, -0.05) is 64.5 Å². The van der Waals surface area contributed by atoms with Gasteiger partial charge in [-0.2, -0.15) is 0 Å². The lowest BCUT2D eigenvalue weighted by atomic mass is 10.0. The summed E-state index contributed by atoms with van der Waals surface area (Å²) in [6.07, 6.45) is 0. The summed E-state index contributed by atoms with van der Waals surface area (Å²) in [5.41, 5.74) is 11.0. The van der Waals surface area contributed by atoms with Crippen LogP contribution in [-0.2, 0) is 6.54 Å². The van der Waals surface area contributed by atoms with Crippen molar-refractivity contribution in [1.29, 1.82) is 0 Å². The number of rotatable bonds is 4. The van der Waals surface area contributed by atoms with Crippen molar-refractivity contribution in [3.8, 4) is 11.1 Å². The fraction of sp³-hybridized carbons (Fsp3) is 0.0385. The van der Waals surface area contributed by atoms with E-state index in [9.17, 15) is 9.18 Å². The highest BCUT2D eigenvalue weighted by Crippen LogP contribution is 2.35. The monoisotopic (exact) mass is 472 g/mol. The first kappa shape index (κ1) is 19.5. The number of primary amides is 1. The van der Waals surface area contributed by atoms with Crippen LogP contribution in [0.2, 0.25) is 0 Å². The standard InChI is InChI=1S/C26H18BrFN2O/c27-22-12-10-19(28)13-18(22)15-30-23-8-4-7-21(26(29)31)25(23)20-11-9-17(14-24(20)30)16-5-2-1-3-6-16/h1-14H,15H2,(H2,29,31). The zero-order valence-corrected chi connectivity index (χ0v) is 18.1. The fourth-order valence-corrected chi connectivity index (χ4v) is 4.54. The van der Waals surface area contributed by atoms with Crippen molar-refractivity contribution < 1.29 is 9.18 Å². The molecule has 0 radical (unpaired) electrons.